The van der Waals surface area contributed by atoms with E-state index in [4.69, 9.17) is 4.74 Å². The van der Waals surface area contributed by atoms with Gasteiger partial charge in [0.2, 0.25) is 0 Å². The standard InChI is InChI=1S/C14H22N2O/c1-17-12-14-5-3-2-4-13(14)6-9-16-10-7-15-8-11-16/h2-5,15H,6-12H2,1H3. The van der Waals surface area contributed by atoms with Crippen molar-refractivity contribution in [3.05, 3.63) is 35.4 Å². The van der Waals surface area contributed by atoms with Crippen LogP contribution in [-0.2, 0) is 17.8 Å². The van der Waals surface area contributed by atoms with Crippen LogP contribution in [0.3, 0.4) is 0 Å². The Bertz CT molecular complexity index is 335. The number of hydrogen-bond donors (Lipinski definition) is 1. The summed E-state index contributed by atoms with van der Waals surface area (Å²) >= 11 is 0. The second-order valence-electron chi connectivity index (χ2n) is 4.54. The summed E-state index contributed by atoms with van der Waals surface area (Å²) in [6, 6.07) is 8.59. The Labute approximate surface area is 104 Å². The summed E-state index contributed by atoms with van der Waals surface area (Å²) in [6.07, 6.45) is 1.12. The number of hydrogen-bond acceptors (Lipinski definition) is 3. The van der Waals surface area contributed by atoms with E-state index in [0.29, 0.717) is 0 Å². The maximum Gasteiger partial charge on any atom is 0.0715 e. The molecular weight excluding hydrogens is 212 g/mol. The average molecular weight is 234 g/mol. The SMILES string of the molecule is COCc1ccccc1CCN1CCNCC1. The molecule has 1 N–H and O–H groups in total. The van der Waals surface area contributed by atoms with Gasteiger partial charge in [0.05, 0.1) is 6.61 Å². The van der Waals surface area contributed by atoms with E-state index in [2.05, 4.69) is 34.5 Å². The predicted octanol–water partition coefficient (Wildman–Crippen LogP) is 1.28. The smallest absolute Gasteiger partial charge is 0.0715 e. The number of benzene rings is 1. The number of methoxy groups -OCH3 is 1. The number of rotatable bonds is 5. The van der Waals surface area contributed by atoms with Crippen molar-refractivity contribution in [2.24, 2.45) is 0 Å². The second kappa shape index (κ2) is 6.74. The summed E-state index contributed by atoms with van der Waals surface area (Å²) in [4.78, 5) is 2.53. The highest BCUT2D eigenvalue weighted by atomic mass is 16.5. The van der Waals surface area contributed by atoms with Crippen LogP contribution in [0.5, 0.6) is 0 Å². The first-order valence-electron chi connectivity index (χ1n) is 6.39. The third-order valence-electron chi connectivity index (χ3n) is 3.33. The molecule has 3 nitrogen and oxygen atoms in total. The minimum absolute atomic E-state index is 0.720. The summed E-state index contributed by atoms with van der Waals surface area (Å²) in [5.74, 6) is 0. The third kappa shape index (κ3) is 3.80. The molecule has 1 fully saturated rings. The van der Waals surface area contributed by atoms with Crippen LogP contribution in [0.25, 0.3) is 0 Å². The summed E-state index contributed by atoms with van der Waals surface area (Å²) in [5.41, 5.74) is 2.75. The van der Waals surface area contributed by atoms with Gasteiger partial charge in [-0.25, -0.2) is 0 Å². The first-order chi connectivity index (χ1) is 8.40. The molecule has 3 heteroatoms. The quantitative estimate of drug-likeness (QED) is 0.830. The highest BCUT2D eigenvalue weighted by Gasteiger charge is 2.10. The summed E-state index contributed by atoms with van der Waals surface area (Å²) in [5, 5.41) is 3.38. The van der Waals surface area contributed by atoms with Crippen LogP contribution in [0, 0.1) is 0 Å². The summed E-state index contributed by atoms with van der Waals surface area (Å²) in [6.45, 7) is 6.47. The largest absolute Gasteiger partial charge is 0.380 e. The monoisotopic (exact) mass is 234 g/mol. The Morgan fingerprint density at radius 3 is 2.59 bits per heavy atom. The van der Waals surface area contributed by atoms with Crippen LogP contribution >= 0.6 is 0 Å². The van der Waals surface area contributed by atoms with E-state index in [-0.39, 0.29) is 0 Å². The maximum absolute atomic E-state index is 5.24. The van der Waals surface area contributed by atoms with Crippen molar-refractivity contribution in [3.8, 4) is 0 Å². The Morgan fingerprint density at radius 2 is 1.88 bits per heavy atom. The molecule has 1 aromatic rings. The number of nitrogens with one attached hydrogen (secondary N) is 1. The fraction of sp³-hybridized carbons (Fsp3) is 0.571. The zero-order chi connectivity index (χ0) is 11.9. The molecule has 1 heterocycles. The molecule has 0 atom stereocenters. The average Bonchev–Trinajstić information content (AvgIpc) is 2.39. The van der Waals surface area contributed by atoms with Gasteiger partial charge >= 0.3 is 0 Å². The van der Waals surface area contributed by atoms with E-state index in [1.165, 1.54) is 24.2 Å². The molecule has 0 bridgehead atoms. The highest BCUT2D eigenvalue weighted by Crippen LogP contribution is 2.11. The minimum atomic E-state index is 0.720. The molecule has 2 rings (SSSR count). The second-order valence-corrected chi connectivity index (χ2v) is 4.54. The molecule has 17 heavy (non-hydrogen) atoms. The van der Waals surface area contributed by atoms with Crippen LogP contribution in [0.4, 0.5) is 0 Å². The summed E-state index contributed by atoms with van der Waals surface area (Å²) < 4.78 is 5.24. The Kier molecular flexibility index (Phi) is 4.98. The van der Waals surface area contributed by atoms with Gasteiger partial charge in [-0.3, -0.25) is 0 Å². The molecule has 1 saturated heterocycles. The third-order valence-corrected chi connectivity index (χ3v) is 3.33. The lowest BCUT2D eigenvalue weighted by molar-refractivity contribution is 0.183. The topological polar surface area (TPSA) is 24.5 Å². The first-order valence-corrected chi connectivity index (χ1v) is 6.39. The van der Waals surface area contributed by atoms with E-state index in [9.17, 15) is 0 Å². The van der Waals surface area contributed by atoms with Gasteiger partial charge in [-0.1, -0.05) is 24.3 Å². The Morgan fingerprint density at radius 1 is 1.18 bits per heavy atom. The van der Waals surface area contributed by atoms with Crippen LogP contribution < -0.4 is 5.32 Å². The Hall–Kier alpha value is -0.900. The lowest BCUT2D eigenvalue weighted by atomic mass is 10.0. The molecule has 0 aliphatic carbocycles. The van der Waals surface area contributed by atoms with E-state index in [0.717, 1.165) is 32.7 Å². The van der Waals surface area contributed by atoms with E-state index in [1.807, 2.05) is 0 Å². The van der Waals surface area contributed by atoms with Gasteiger partial charge in [0, 0.05) is 39.8 Å². The van der Waals surface area contributed by atoms with Gasteiger partial charge < -0.3 is 15.0 Å². The molecule has 1 aliphatic rings. The molecule has 1 aromatic carbocycles. The normalized spacial score (nSPS) is 17.2. The van der Waals surface area contributed by atoms with Gasteiger partial charge in [-0.15, -0.1) is 0 Å². The van der Waals surface area contributed by atoms with Crippen LogP contribution in [-0.4, -0.2) is 44.7 Å². The van der Waals surface area contributed by atoms with Crippen molar-refractivity contribution in [3.63, 3.8) is 0 Å². The fourth-order valence-electron chi connectivity index (χ4n) is 2.31. The maximum atomic E-state index is 5.24. The molecule has 1 aliphatic heterocycles. The van der Waals surface area contributed by atoms with Crippen LogP contribution in [0.1, 0.15) is 11.1 Å². The van der Waals surface area contributed by atoms with Crippen molar-refractivity contribution < 1.29 is 4.74 Å². The van der Waals surface area contributed by atoms with E-state index < -0.39 is 0 Å². The van der Waals surface area contributed by atoms with Gasteiger partial charge in [0.25, 0.3) is 0 Å². The van der Waals surface area contributed by atoms with Gasteiger partial charge in [-0.2, -0.15) is 0 Å². The zero-order valence-corrected chi connectivity index (χ0v) is 10.6. The lowest BCUT2D eigenvalue weighted by Crippen LogP contribution is -2.44. The molecule has 0 aromatic heterocycles. The molecule has 0 amide bonds. The molecular formula is C14H22N2O. The number of ether oxygens (including phenoxy) is 1. The molecule has 0 spiro atoms. The highest BCUT2D eigenvalue weighted by molar-refractivity contribution is 5.26. The van der Waals surface area contributed by atoms with Crippen molar-refractivity contribution in [1.29, 1.82) is 0 Å². The lowest BCUT2D eigenvalue weighted by Gasteiger charge is -2.27. The number of nitrogens with zero attached hydrogens (tertiary/aromatic N) is 1. The first kappa shape index (κ1) is 12.6. The number of piperazine rings is 1. The van der Waals surface area contributed by atoms with Crippen LogP contribution in [0.15, 0.2) is 24.3 Å². The van der Waals surface area contributed by atoms with Crippen molar-refractivity contribution in [2.45, 2.75) is 13.0 Å². The minimum Gasteiger partial charge on any atom is -0.380 e. The van der Waals surface area contributed by atoms with Gasteiger partial charge in [0.15, 0.2) is 0 Å². The molecule has 0 unspecified atom stereocenters. The van der Waals surface area contributed by atoms with E-state index in [1.54, 1.807) is 7.11 Å². The molecule has 94 valence electrons. The zero-order valence-electron chi connectivity index (χ0n) is 10.6. The van der Waals surface area contributed by atoms with Crippen LogP contribution in [0.2, 0.25) is 0 Å². The molecule has 0 radical (unpaired) electrons. The molecule has 0 saturated carbocycles. The summed E-state index contributed by atoms with van der Waals surface area (Å²) in [7, 11) is 1.76. The van der Waals surface area contributed by atoms with Gasteiger partial charge in [0.1, 0.15) is 0 Å². The van der Waals surface area contributed by atoms with E-state index >= 15 is 0 Å². The van der Waals surface area contributed by atoms with Crippen molar-refractivity contribution in [2.75, 3.05) is 39.8 Å². The fourth-order valence-corrected chi connectivity index (χ4v) is 2.31. The Balaban J connectivity index is 1.88. The van der Waals surface area contributed by atoms with Crippen molar-refractivity contribution in [1.82, 2.24) is 10.2 Å². The van der Waals surface area contributed by atoms with Crippen molar-refractivity contribution >= 4 is 0 Å². The predicted molar refractivity (Wildman–Crippen MR) is 70.2 cm³/mol. The van der Waals surface area contributed by atoms with Gasteiger partial charge in [-0.05, 0) is 17.5 Å².